The second kappa shape index (κ2) is 10.6. The van der Waals surface area contributed by atoms with Gasteiger partial charge in [0.25, 0.3) is 11.7 Å². The number of amides is 1. The topological polar surface area (TPSA) is 88.5 Å². The van der Waals surface area contributed by atoms with E-state index in [0.717, 1.165) is 5.56 Å². The number of benzene rings is 2. The van der Waals surface area contributed by atoms with Crippen molar-refractivity contribution in [3.05, 3.63) is 58.7 Å². The van der Waals surface area contributed by atoms with Crippen molar-refractivity contribution in [2.24, 2.45) is 0 Å². The van der Waals surface area contributed by atoms with E-state index in [1.807, 2.05) is 32.8 Å². The Balaban J connectivity index is 2.18. The molecule has 1 heterocycles. The van der Waals surface area contributed by atoms with Crippen LogP contribution in [-0.2, 0) is 9.59 Å². The van der Waals surface area contributed by atoms with Gasteiger partial charge in [-0.3, -0.25) is 9.59 Å². The summed E-state index contributed by atoms with van der Waals surface area (Å²) >= 11 is 0. The first kappa shape index (κ1) is 25.1. The number of Topliss-reactive ketones (excluding diaryl/α,β-unsaturated/α-hetero) is 1. The molecule has 1 aliphatic rings. The molecule has 8 heteroatoms. The van der Waals surface area contributed by atoms with Crippen LogP contribution in [0.15, 0.2) is 42.0 Å². The predicted molar refractivity (Wildman–Crippen MR) is 129 cm³/mol. The number of hydrogen-bond acceptors (Lipinski definition) is 7. The van der Waals surface area contributed by atoms with Crippen LogP contribution in [0.3, 0.4) is 0 Å². The molecular weight excluding hydrogens is 436 g/mol. The van der Waals surface area contributed by atoms with Crippen LogP contribution in [0, 0.1) is 6.92 Å². The van der Waals surface area contributed by atoms with Crippen molar-refractivity contribution in [3.63, 3.8) is 0 Å². The van der Waals surface area contributed by atoms with Crippen LogP contribution in [0.5, 0.6) is 17.2 Å². The molecule has 1 aliphatic heterocycles. The summed E-state index contributed by atoms with van der Waals surface area (Å²) in [5.41, 5.74) is 1.92. The third-order valence-electron chi connectivity index (χ3n) is 5.80. The third kappa shape index (κ3) is 4.87. The fourth-order valence-corrected chi connectivity index (χ4v) is 4.08. The summed E-state index contributed by atoms with van der Waals surface area (Å²) in [6.07, 6.45) is 0. The minimum absolute atomic E-state index is 0.0412. The maximum absolute atomic E-state index is 13.2. The molecule has 182 valence electrons. The Morgan fingerprint density at radius 3 is 2.29 bits per heavy atom. The van der Waals surface area contributed by atoms with E-state index in [1.165, 1.54) is 12.0 Å². The van der Waals surface area contributed by atoms with E-state index in [0.29, 0.717) is 48.1 Å². The number of rotatable bonds is 9. The predicted octanol–water partition coefficient (Wildman–Crippen LogP) is 3.39. The third-order valence-corrected chi connectivity index (χ3v) is 5.80. The minimum atomic E-state index is -0.771. The van der Waals surface area contributed by atoms with Gasteiger partial charge in [0.2, 0.25) is 0 Å². The molecule has 0 bridgehead atoms. The summed E-state index contributed by atoms with van der Waals surface area (Å²) in [7, 11) is 6.89. The van der Waals surface area contributed by atoms with Crippen molar-refractivity contribution < 1.29 is 28.9 Å². The monoisotopic (exact) mass is 468 g/mol. The second-order valence-electron chi connectivity index (χ2n) is 8.32. The van der Waals surface area contributed by atoms with Gasteiger partial charge in [-0.25, -0.2) is 0 Å². The maximum atomic E-state index is 13.2. The van der Waals surface area contributed by atoms with E-state index in [9.17, 15) is 14.7 Å². The minimum Gasteiger partial charge on any atom is -0.507 e. The Morgan fingerprint density at radius 2 is 1.71 bits per heavy atom. The number of likely N-dealkylation sites (tertiary alicyclic amines) is 1. The van der Waals surface area contributed by atoms with Crippen LogP contribution < -0.4 is 14.2 Å². The van der Waals surface area contributed by atoms with Gasteiger partial charge in [-0.2, -0.15) is 0 Å². The number of carbonyl (C=O) groups is 2. The lowest BCUT2D eigenvalue weighted by molar-refractivity contribution is -0.140. The van der Waals surface area contributed by atoms with Crippen molar-refractivity contribution in [2.75, 3.05) is 48.0 Å². The van der Waals surface area contributed by atoms with Gasteiger partial charge in [0.05, 0.1) is 32.4 Å². The molecule has 34 heavy (non-hydrogen) atoms. The highest BCUT2D eigenvalue weighted by Crippen LogP contribution is 2.42. The number of aliphatic hydroxyl groups is 1. The van der Waals surface area contributed by atoms with Gasteiger partial charge >= 0.3 is 0 Å². The molecule has 1 amide bonds. The zero-order valence-corrected chi connectivity index (χ0v) is 20.5. The van der Waals surface area contributed by atoms with E-state index < -0.39 is 17.7 Å². The van der Waals surface area contributed by atoms with Crippen molar-refractivity contribution in [3.8, 4) is 17.2 Å². The summed E-state index contributed by atoms with van der Waals surface area (Å²) in [5.74, 6) is 0.113. The van der Waals surface area contributed by atoms with Crippen LogP contribution in [0.25, 0.3) is 5.76 Å². The molecule has 0 unspecified atom stereocenters. The lowest BCUT2D eigenvalue weighted by Gasteiger charge is -2.27. The molecule has 1 atom stereocenters. The lowest BCUT2D eigenvalue weighted by atomic mass is 9.94. The molecule has 0 saturated carbocycles. The smallest absolute Gasteiger partial charge is 0.295 e. The van der Waals surface area contributed by atoms with Gasteiger partial charge in [-0.05, 0) is 69.4 Å². The molecular formula is C26H32N2O6. The Morgan fingerprint density at radius 1 is 1.03 bits per heavy atom. The Bertz CT molecular complexity index is 1110. The van der Waals surface area contributed by atoms with Crippen LogP contribution in [0.4, 0.5) is 0 Å². The Kier molecular flexibility index (Phi) is 7.83. The van der Waals surface area contributed by atoms with Gasteiger partial charge < -0.3 is 29.1 Å². The summed E-state index contributed by atoms with van der Waals surface area (Å²) in [5, 5.41) is 11.3. The Hall–Kier alpha value is -3.52. The van der Waals surface area contributed by atoms with Gasteiger partial charge in [0, 0.05) is 18.7 Å². The average molecular weight is 469 g/mol. The zero-order valence-electron chi connectivity index (χ0n) is 20.5. The first-order valence-electron chi connectivity index (χ1n) is 11.1. The molecule has 1 N–H and O–H groups in total. The molecule has 1 fully saturated rings. The highest BCUT2D eigenvalue weighted by Gasteiger charge is 2.46. The fraction of sp³-hybridized carbons (Fsp3) is 0.385. The van der Waals surface area contributed by atoms with Crippen molar-refractivity contribution >= 4 is 17.4 Å². The van der Waals surface area contributed by atoms with E-state index >= 15 is 0 Å². The molecule has 3 rings (SSSR count). The van der Waals surface area contributed by atoms with Crippen LogP contribution in [0.1, 0.15) is 29.7 Å². The SMILES string of the molecule is CCOc1ccc([C@@H]2C(=C(O)c3ccc(OC)c(C)c3)C(=O)C(=O)N2CCN(C)C)cc1OC. The zero-order chi connectivity index (χ0) is 25.0. The molecule has 8 nitrogen and oxygen atoms in total. The summed E-state index contributed by atoms with van der Waals surface area (Å²) in [4.78, 5) is 29.7. The largest absolute Gasteiger partial charge is 0.507 e. The highest BCUT2D eigenvalue weighted by molar-refractivity contribution is 6.46. The van der Waals surface area contributed by atoms with Crippen LogP contribution in [0.2, 0.25) is 0 Å². The molecule has 0 aliphatic carbocycles. The first-order valence-corrected chi connectivity index (χ1v) is 11.1. The van der Waals surface area contributed by atoms with Gasteiger partial charge in [-0.1, -0.05) is 6.07 Å². The van der Waals surface area contributed by atoms with Crippen molar-refractivity contribution in [1.29, 1.82) is 0 Å². The number of nitrogens with zero attached hydrogens (tertiary/aromatic N) is 2. The number of aliphatic hydroxyl groups excluding tert-OH is 1. The average Bonchev–Trinajstić information content (AvgIpc) is 3.07. The van der Waals surface area contributed by atoms with Crippen molar-refractivity contribution in [1.82, 2.24) is 9.80 Å². The number of likely N-dealkylation sites (N-methyl/N-ethyl adjacent to an activating group) is 1. The van der Waals surface area contributed by atoms with E-state index in [-0.39, 0.29) is 11.3 Å². The summed E-state index contributed by atoms with van der Waals surface area (Å²) in [6, 6.07) is 9.65. The highest BCUT2D eigenvalue weighted by atomic mass is 16.5. The van der Waals surface area contributed by atoms with Crippen LogP contribution in [-0.4, -0.2) is 74.6 Å². The molecule has 2 aromatic carbocycles. The number of ether oxygens (including phenoxy) is 3. The fourth-order valence-electron chi connectivity index (χ4n) is 4.08. The summed E-state index contributed by atoms with van der Waals surface area (Å²) in [6.45, 7) is 5.06. The van der Waals surface area contributed by atoms with Crippen LogP contribution >= 0.6 is 0 Å². The van der Waals surface area contributed by atoms with Gasteiger partial charge in [-0.15, -0.1) is 0 Å². The van der Waals surface area contributed by atoms with Crippen molar-refractivity contribution in [2.45, 2.75) is 19.9 Å². The molecule has 1 saturated heterocycles. The maximum Gasteiger partial charge on any atom is 0.295 e. The number of hydrogen-bond donors (Lipinski definition) is 1. The van der Waals surface area contributed by atoms with Gasteiger partial charge in [0.1, 0.15) is 11.5 Å². The molecule has 0 radical (unpaired) electrons. The number of aryl methyl sites for hydroxylation is 1. The van der Waals surface area contributed by atoms with E-state index in [1.54, 1.807) is 43.5 Å². The van der Waals surface area contributed by atoms with E-state index in [2.05, 4.69) is 0 Å². The number of carbonyl (C=O) groups excluding carboxylic acids is 2. The van der Waals surface area contributed by atoms with E-state index in [4.69, 9.17) is 14.2 Å². The number of ketones is 1. The Labute approximate surface area is 200 Å². The van der Waals surface area contributed by atoms with Gasteiger partial charge in [0.15, 0.2) is 11.5 Å². The standard InChI is InChI=1S/C26H32N2O6/c1-7-34-20-11-8-17(15-21(20)33-6)23-22(25(30)26(31)28(23)13-12-27(3)4)24(29)18-9-10-19(32-5)16(2)14-18/h8-11,14-15,23,29H,7,12-13H2,1-6H3/t23-/m1/s1. The molecule has 0 spiro atoms. The quantitative estimate of drug-likeness (QED) is 0.343. The normalized spacial score (nSPS) is 17.4. The molecule has 2 aromatic rings. The number of methoxy groups -OCH3 is 2. The first-order chi connectivity index (χ1) is 16.2. The summed E-state index contributed by atoms with van der Waals surface area (Å²) < 4.78 is 16.4. The molecule has 0 aromatic heterocycles. The second-order valence-corrected chi connectivity index (χ2v) is 8.32. The lowest BCUT2D eigenvalue weighted by Crippen LogP contribution is -2.35.